The van der Waals surface area contributed by atoms with Crippen LogP contribution in [0.25, 0.3) is 0 Å². The summed E-state index contributed by atoms with van der Waals surface area (Å²) in [5.41, 5.74) is 1.23. The molecule has 0 saturated carbocycles. The van der Waals surface area contributed by atoms with Crippen LogP contribution < -0.4 is 0 Å². The largest absolute Gasteiger partial charge is 0.390 e. The minimum atomic E-state index is -2.51. The van der Waals surface area contributed by atoms with E-state index in [1.54, 1.807) is 24.3 Å². The Morgan fingerprint density at radius 3 is 2.70 bits per heavy atom. The Balaban J connectivity index is 1.92. The van der Waals surface area contributed by atoms with Crippen molar-refractivity contribution in [2.24, 2.45) is 5.16 Å². The molecular formula is C15H11ClF2NO. The van der Waals surface area contributed by atoms with E-state index < -0.39 is 6.43 Å². The van der Waals surface area contributed by atoms with Gasteiger partial charge in [-0.05, 0) is 23.8 Å². The Hall–Kier alpha value is -1.94. The van der Waals surface area contributed by atoms with Gasteiger partial charge in [0.2, 0.25) is 0 Å². The first-order valence-electron chi connectivity index (χ1n) is 5.86. The molecule has 0 aliphatic heterocycles. The molecule has 20 heavy (non-hydrogen) atoms. The summed E-state index contributed by atoms with van der Waals surface area (Å²) in [6.07, 6.45) is 0.0512. The highest BCUT2D eigenvalue weighted by atomic mass is 35.5. The van der Waals surface area contributed by atoms with Crippen LogP contribution in [0.15, 0.2) is 53.7 Å². The van der Waals surface area contributed by atoms with E-state index in [2.05, 4.69) is 11.4 Å². The molecule has 0 saturated heterocycles. The minimum absolute atomic E-state index is 0.0694. The summed E-state index contributed by atoms with van der Waals surface area (Å²) in [6.45, 7) is 0.238. The van der Waals surface area contributed by atoms with E-state index in [1.165, 1.54) is 18.2 Å². The van der Waals surface area contributed by atoms with Gasteiger partial charge in [0.1, 0.15) is 12.8 Å². The smallest absolute Gasteiger partial charge is 0.263 e. The van der Waals surface area contributed by atoms with Gasteiger partial charge in [-0.25, -0.2) is 8.78 Å². The van der Waals surface area contributed by atoms with Crippen LogP contribution in [0.4, 0.5) is 8.78 Å². The molecular weight excluding hydrogens is 284 g/mol. The lowest BCUT2D eigenvalue weighted by molar-refractivity contribution is 0.132. The highest BCUT2D eigenvalue weighted by Crippen LogP contribution is 2.18. The second kappa shape index (κ2) is 7.01. The molecule has 1 radical (unpaired) electrons. The van der Waals surface area contributed by atoms with Gasteiger partial charge < -0.3 is 4.84 Å². The number of hydrogen-bond donors (Lipinski definition) is 0. The van der Waals surface area contributed by atoms with Crippen LogP contribution in [0.3, 0.4) is 0 Å². The molecule has 103 valence electrons. The van der Waals surface area contributed by atoms with Crippen LogP contribution in [0.5, 0.6) is 0 Å². The number of halogens is 3. The van der Waals surface area contributed by atoms with Crippen molar-refractivity contribution in [3.8, 4) is 0 Å². The minimum Gasteiger partial charge on any atom is -0.390 e. The standard InChI is InChI=1S/C15H11ClF2NO/c16-14-6-2-4-12(8-14)10-20-19-9-11-3-1-5-13(7-11)15(17)18/h1-8,15H,10H2. The maximum absolute atomic E-state index is 12.5. The summed E-state index contributed by atoms with van der Waals surface area (Å²) in [7, 11) is 0. The maximum atomic E-state index is 12.5. The van der Waals surface area contributed by atoms with Gasteiger partial charge in [-0.2, -0.15) is 0 Å². The molecule has 0 unspecified atom stereocenters. The normalized spacial score (nSPS) is 11.2. The monoisotopic (exact) mass is 294 g/mol. The second-order valence-corrected chi connectivity index (χ2v) is 4.47. The number of alkyl halides is 2. The average Bonchev–Trinajstić information content (AvgIpc) is 2.44. The van der Waals surface area contributed by atoms with Crippen molar-refractivity contribution in [1.82, 2.24) is 0 Å². The summed E-state index contributed by atoms with van der Waals surface area (Å²) in [6, 6.07) is 13.0. The number of hydrogen-bond acceptors (Lipinski definition) is 2. The van der Waals surface area contributed by atoms with Crippen LogP contribution in [-0.2, 0) is 11.4 Å². The van der Waals surface area contributed by atoms with E-state index in [1.807, 2.05) is 6.07 Å². The Morgan fingerprint density at radius 2 is 1.95 bits per heavy atom. The third kappa shape index (κ3) is 4.31. The first-order chi connectivity index (χ1) is 9.65. The van der Waals surface area contributed by atoms with Gasteiger partial charge in [-0.15, -0.1) is 0 Å². The average molecular weight is 295 g/mol. The van der Waals surface area contributed by atoms with Crippen LogP contribution >= 0.6 is 11.6 Å². The van der Waals surface area contributed by atoms with Gasteiger partial charge in [0.05, 0.1) is 0 Å². The first-order valence-corrected chi connectivity index (χ1v) is 6.23. The van der Waals surface area contributed by atoms with E-state index in [4.69, 9.17) is 16.4 Å². The quantitative estimate of drug-likeness (QED) is 0.578. The summed E-state index contributed by atoms with van der Waals surface area (Å²) >= 11 is 5.83. The highest BCUT2D eigenvalue weighted by molar-refractivity contribution is 6.30. The molecule has 2 aromatic carbocycles. The molecule has 0 amide bonds. The Bertz CT molecular complexity index is 602. The fourth-order valence-electron chi connectivity index (χ4n) is 1.56. The molecule has 0 N–H and O–H groups in total. The molecule has 0 spiro atoms. The zero-order valence-electron chi connectivity index (χ0n) is 10.4. The van der Waals surface area contributed by atoms with Gasteiger partial charge in [-0.1, -0.05) is 47.1 Å². The molecule has 0 atom stereocenters. The topological polar surface area (TPSA) is 21.6 Å². The molecule has 0 aromatic heterocycles. The predicted octanol–water partition coefficient (Wildman–Crippen LogP) is 4.71. The number of rotatable bonds is 5. The third-order valence-electron chi connectivity index (χ3n) is 2.50. The van der Waals surface area contributed by atoms with E-state index >= 15 is 0 Å². The van der Waals surface area contributed by atoms with Crippen molar-refractivity contribution in [3.05, 3.63) is 70.2 Å². The van der Waals surface area contributed by atoms with Crippen LogP contribution in [-0.4, -0.2) is 6.21 Å². The Labute approximate surface area is 120 Å². The molecule has 2 aromatic rings. The van der Waals surface area contributed by atoms with Crippen LogP contribution in [0.1, 0.15) is 23.1 Å². The first kappa shape index (κ1) is 14.5. The van der Waals surface area contributed by atoms with Crippen molar-refractivity contribution >= 4 is 17.8 Å². The Morgan fingerprint density at radius 1 is 1.15 bits per heavy atom. The zero-order chi connectivity index (χ0) is 14.4. The zero-order valence-corrected chi connectivity index (χ0v) is 11.1. The molecule has 0 heterocycles. The van der Waals surface area contributed by atoms with E-state index in [-0.39, 0.29) is 12.2 Å². The van der Waals surface area contributed by atoms with Crippen molar-refractivity contribution in [2.45, 2.75) is 13.0 Å². The molecule has 0 aliphatic carbocycles. The Kier molecular flexibility index (Phi) is 5.07. The summed E-state index contributed by atoms with van der Waals surface area (Å²) in [5, 5.41) is 4.24. The number of nitrogens with zero attached hydrogens (tertiary/aromatic N) is 1. The molecule has 2 rings (SSSR count). The number of benzene rings is 2. The molecule has 0 aliphatic rings. The fraction of sp³-hybridized carbons (Fsp3) is 0.133. The molecule has 0 fully saturated rings. The molecule has 0 bridgehead atoms. The van der Waals surface area contributed by atoms with Gasteiger partial charge in [0, 0.05) is 16.1 Å². The van der Waals surface area contributed by atoms with E-state index in [0.29, 0.717) is 10.6 Å². The van der Waals surface area contributed by atoms with Crippen molar-refractivity contribution in [2.75, 3.05) is 0 Å². The van der Waals surface area contributed by atoms with Gasteiger partial charge in [0.15, 0.2) is 0 Å². The highest BCUT2D eigenvalue weighted by Gasteiger charge is 2.06. The lowest BCUT2D eigenvalue weighted by atomic mass is 10.1. The molecule has 5 heteroatoms. The summed E-state index contributed by atoms with van der Waals surface area (Å²) in [4.78, 5) is 5.05. The van der Waals surface area contributed by atoms with Gasteiger partial charge >= 0.3 is 0 Å². The molecule has 2 nitrogen and oxygen atoms in total. The van der Waals surface area contributed by atoms with Crippen LogP contribution in [0.2, 0.25) is 5.02 Å². The predicted molar refractivity (Wildman–Crippen MR) is 74.2 cm³/mol. The van der Waals surface area contributed by atoms with Crippen molar-refractivity contribution in [1.29, 1.82) is 0 Å². The summed E-state index contributed by atoms with van der Waals surface area (Å²) < 4.78 is 25.0. The fourth-order valence-corrected chi connectivity index (χ4v) is 1.78. The second-order valence-electron chi connectivity index (χ2n) is 4.03. The lowest BCUT2D eigenvalue weighted by Crippen LogP contribution is -1.90. The van der Waals surface area contributed by atoms with E-state index in [0.717, 1.165) is 5.56 Å². The van der Waals surface area contributed by atoms with Crippen molar-refractivity contribution in [3.63, 3.8) is 0 Å². The summed E-state index contributed by atoms with van der Waals surface area (Å²) in [5.74, 6) is 0. The lowest BCUT2D eigenvalue weighted by Gasteiger charge is -2.01. The van der Waals surface area contributed by atoms with Gasteiger partial charge in [0.25, 0.3) is 6.43 Å². The van der Waals surface area contributed by atoms with Crippen LogP contribution in [0, 0.1) is 0 Å². The third-order valence-corrected chi connectivity index (χ3v) is 2.73. The maximum Gasteiger partial charge on any atom is 0.263 e. The van der Waals surface area contributed by atoms with Crippen molar-refractivity contribution < 1.29 is 13.6 Å². The SMILES string of the molecule is FC(F)c1cccc(/[C]=N\OCc2cccc(Cl)c2)c1. The van der Waals surface area contributed by atoms with E-state index in [9.17, 15) is 8.78 Å². The van der Waals surface area contributed by atoms with Gasteiger partial charge in [-0.3, -0.25) is 0 Å².